The van der Waals surface area contributed by atoms with Gasteiger partial charge in [0.1, 0.15) is 6.17 Å². The molecule has 78 valence electrons. The quantitative estimate of drug-likeness (QED) is 0.846. The van der Waals surface area contributed by atoms with Crippen molar-refractivity contribution < 1.29 is 4.39 Å². The number of hydrogen-bond donors (Lipinski definition) is 1. The Kier molecular flexibility index (Phi) is 3.42. The van der Waals surface area contributed by atoms with Gasteiger partial charge in [0.15, 0.2) is 0 Å². The van der Waals surface area contributed by atoms with E-state index in [-0.39, 0.29) is 6.04 Å². The van der Waals surface area contributed by atoms with Crippen LogP contribution in [0.3, 0.4) is 0 Å². The third kappa shape index (κ3) is 2.27. The summed E-state index contributed by atoms with van der Waals surface area (Å²) in [6.45, 7) is 0.948. The van der Waals surface area contributed by atoms with E-state index in [9.17, 15) is 4.39 Å². The smallest absolute Gasteiger partial charge is 0.120 e. The van der Waals surface area contributed by atoms with Crippen molar-refractivity contribution in [2.24, 2.45) is 0 Å². The molecule has 0 aromatic carbocycles. The third-order valence-corrected chi connectivity index (χ3v) is 4.02. The molecule has 4 heteroatoms. The second-order valence-corrected chi connectivity index (χ2v) is 5.02. The van der Waals surface area contributed by atoms with Crippen molar-refractivity contribution in [2.75, 3.05) is 6.54 Å². The van der Waals surface area contributed by atoms with E-state index >= 15 is 0 Å². The maximum absolute atomic E-state index is 13.7. The van der Waals surface area contributed by atoms with Gasteiger partial charge in [-0.1, -0.05) is 11.6 Å². The number of rotatable bonds is 3. The first kappa shape index (κ1) is 10.4. The monoisotopic (exact) mass is 233 g/mol. The minimum Gasteiger partial charge on any atom is -0.311 e. The molecule has 2 rings (SSSR count). The average molecular weight is 234 g/mol. The van der Waals surface area contributed by atoms with Gasteiger partial charge in [-0.2, -0.15) is 0 Å². The van der Waals surface area contributed by atoms with Gasteiger partial charge in [-0.15, -0.1) is 11.3 Å². The summed E-state index contributed by atoms with van der Waals surface area (Å²) < 4.78 is 13.7. The average Bonchev–Trinajstić information content (AvgIpc) is 2.77. The Bertz CT molecular complexity index is 296. The number of alkyl halides is 1. The molecule has 14 heavy (non-hydrogen) atoms. The fraction of sp³-hybridized carbons (Fsp3) is 0.600. The maximum Gasteiger partial charge on any atom is 0.120 e. The van der Waals surface area contributed by atoms with Gasteiger partial charge >= 0.3 is 0 Å². The molecular formula is C10H13ClFNS. The van der Waals surface area contributed by atoms with Crippen LogP contribution in [0.15, 0.2) is 11.4 Å². The zero-order valence-electron chi connectivity index (χ0n) is 7.80. The molecule has 2 unspecified atom stereocenters. The molecule has 1 N–H and O–H groups in total. The van der Waals surface area contributed by atoms with Crippen LogP contribution in [0.5, 0.6) is 0 Å². The predicted molar refractivity (Wildman–Crippen MR) is 59.0 cm³/mol. The second-order valence-electron chi connectivity index (χ2n) is 3.61. The molecule has 1 fully saturated rings. The molecule has 0 bridgehead atoms. The van der Waals surface area contributed by atoms with E-state index in [4.69, 9.17) is 11.6 Å². The molecule has 1 saturated heterocycles. The van der Waals surface area contributed by atoms with Crippen LogP contribution in [-0.2, 0) is 6.42 Å². The van der Waals surface area contributed by atoms with E-state index in [0.29, 0.717) is 11.4 Å². The lowest BCUT2D eigenvalue weighted by molar-refractivity contribution is 0.265. The molecule has 0 aliphatic carbocycles. The molecule has 1 aromatic rings. The number of halogens is 2. The van der Waals surface area contributed by atoms with Gasteiger partial charge in [0, 0.05) is 17.3 Å². The van der Waals surface area contributed by atoms with Crippen molar-refractivity contribution in [3.05, 3.63) is 21.3 Å². The zero-order valence-corrected chi connectivity index (χ0v) is 9.37. The molecule has 0 radical (unpaired) electrons. The molecule has 2 atom stereocenters. The summed E-state index contributed by atoms with van der Waals surface area (Å²) in [5.74, 6) is 0. The highest BCUT2D eigenvalue weighted by Gasteiger charge is 2.25. The van der Waals surface area contributed by atoms with E-state index in [1.165, 1.54) is 11.3 Å². The lowest BCUT2D eigenvalue weighted by Crippen LogP contribution is -2.33. The first-order chi connectivity index (χ1) is 6.77. The van der Waals surface area contributed by atoms with Gasteiger partial charge in [-0.3, -0.25) is 0 Å². The Balaban J connectivity index is 1.93. The van der Waals surface area contributed by atoms with Gasteiger partial charge in [0.2, 0.25) is 0 Å². The van der Waals surface area contributed by atoms with E-state index < -0.39 is 6.17 Å². The van der Waals surface area contributed by atoms with Crippen molar-refractivity contribution in [1.82, 2.24) is 5.32 Å². The summed E-state index contributed by atoms with van der Waals surface area (Å²) in [5.41, 5.74) is 0. The summed E-state index contributed by atoms with van der Waals surface area (Å²) in [6, 6.07) is 1.87. The van der Waals surface area contributed by atoms with Crippen LogP contribution in [0.4, 0.5) is 4.39 Å². The summed E-state index contributed by atoms with van der Waals surface area (Å²) in [5, 5.41) is 5.79. The Labute approximate surface area is 92.3 Å². The SMILES string of the molecule is FC(Cc1sccc1Cl)C1CCCN1. The van der Waals surface area contributed by atoms with Gasteiger partial charge in [0.25, 0.3) is 0 Å². The minimum absolute atomic E-state index is 0.0353. The highest BCUT2D eigenvalue weighted by molar-refractivity contribution is 7.10. The molecule has 1 aliphatic heterocycles. The molecule has 0 spiro atoms. The van der Waals surface area contributed by atoms with Crippen LogP contribution in [0.25, 0.3) is 0 Å². The number of hydrogen-bond acceptors (Lipinski definition) is 2. The van der Waals surface area contributed by atoms with E-state index in [0.717, 1.165) is 24.3 Å². The normalized spacial score (nSPS) is 24.0. The van der Waals surface area contributed by atoms with Gasteiger partial charge in [0.05, 0.1) is 5.02 Å². The first-order valence-corrected chi connectivity index (χ1v) is 6.12. The van der Waals surface area contributed by atoms with Gasteiger partial charge in [-0.05, 0) is 30.8 Å². The van der Waals surface area contributed by atoms with Crippen molar-refractivity contribution in [3.63, 3.8) is 0 Å². The van der Waals surface area contributed by atoms with E-state index in [2.05, 4.69) is 5.32 Å². The van der Waals surface area contributed by atoms with E-state index in [1.54, 1.807) is 0 Å². The van der Waals surface area contributed by atoms with Crippen LogP contribution >= 0.6 is 22.9 Å². The van der Waals surface area contributed by atoms with Crippen LogP contribution in [-0.4, -0.2) is 18.8 Å². The molecule has 1 aliphatic rings. The molecule has 0 saturated carbocycles. The summed E-state index contributed by atoms with van der Waals surface area (Å²) in [7, 11) is 0. The minimum atomic E-state index is -0.798. The Hall–Kier alpha value is -0.120. The lowest BCUT2D eigenvalue weighted by Gasteiger charge is -2.15. The number of thiophene rings is 1. The second kappa shape index (κ2) is 4.60. The van der Waals surface area contributed by atoms with Crippen molar-refractivity contribution in [1.29, 1.82) is 0 Å². The fourth-order valence-electron chi connectivity index (χ4n) is 1.81. The Morgan fingerprint density at radius 3 is 3.14 bits per heavy atom. The Morgan fingerprint density at radius 1 is 1.71 bits per heavy atom. The summed E-state index contributed by atoms with van der Waals surface area (Å²) in [6.07, 6.45) is 1.69. The molecule has 1 nitrogen and oxygen atoms in total. The Morgan fingerprint density at radius 2 is 2.57 bits per heavy atom. The molecular weight excluding hydrogens is 221 g/mol. The highest BCUT2D eigenvalue weighted by atomic mass is 35.5. The van der Waals surface area contributed by atoms with Crippen LogP contribution in [0.1, 0.15) is 17.7 Å². The zero-order chi connectivity index (χ0) is 9.97. The topological polar surface area (TPSA) is 12.0 Å². The van der Waals surface area contributed by atoms with Gasteiger partial charge in [-0.25, -0.2) is 4.39 Å². The fourth-order valence-corrected chi connectivity index (χ4v) is 2.96. The maximum atomic E-state index is 13.7. The van der Waals surface area contributed by atoms with Crippen LogP contribution in [0, 0.1) is 0 Å². The highest BCUT2D eigenvalue weighted by Crippen LogP contribution is 2.26. The van der Waals surface area contributed by atoms with Crippen LogP contribution in [0.2, 0.25) is 5.02 Å². The summed E-state index contributed by atoms with van der Waals surface area (Å²) >= 11 is 7.45. The predicted octanol–water partition coefficient (Wildman–Crippen LogP) is 3.03. The number of nitrogens with one attached hydrogen (secondary N) is 1. The van der Waals surface area contributed by atoms with Gasteiger partial charge < -0.3 is 5.32 Å². The van der Waals surface area contributed by atoms with Crippen LogP contribution < -0.4 is 5.32 Å². The molecule has 1 aromatic heterocycles. The molecule has 0 amide bonds. The van der Waals surface area contributed by atoms with Crippen molar-refractivity contribution in [2.45, 2.75) is 31.5 Å². The largest absolute Gasteiger partial charge is 0.311 e. The van der Waals surface area contributed by atoms with Crippen molar-refractivity contribution in [3.8, 4) is 0 Å². The van der Waals surface area contributed by atoms with Crippen molar-refractivity contribution >= 4 is 22.9 Å². The first-order valence-electron chi connectivity index (χ1n) is 4.86. The lowest BCUT2D eigenvalue weighted by atomic mass is 10.1. The van der Waals surface area contributed by atoms with E-state index in [1.807, 2.05) is 11.4 Å². The standard InChI is InChI=1S/C10H13ClFNS/c11-7-3-5-14-10(7)6-8(12)9-2-1-4-13-9/h3,5,8-9,13H,1-2,4,6H2. The third-order valence-electron chi connectivity index (χ3n) is 2.61. The summed E-state index contributed by atoms with van der Waals surface area (Å²) in [4.78, 5) is 0.966. The molecule has 2 heterocycles.